The van der Waals surface area contributed by atoms with Crippen molar-refractivity contribution < 1.29 is 28.8 Å². The zero-order valence-electron chi connectivity index (χ0n) is 21.2. The molecule has 0 saturated heterocycles. The smallest absolute Gasteiger partial charge is 0.338 e. The minimum atomic E-state index is -0.822. The van der Waals surface area contributed by atoms with Crippen LogP contribution in [-0.2, 0) is 9.53 Å². The molecule has 0 unspecified atom stereocenters. The van der Waals surface area contributed by atoms with Crippen molar-refractivity contribution in [1.82, 2.24) is 4.57 Å². The second-order valence-corrected chi connectivity index (χ2v) is 9.08. The van der Waals surface area contributed by atoms with Gasteiger partial charge in [-0.05, 0) is 56.7 Å². The van der Waals surface area contributed by atoms with Crippen molar-refractivity contribution in [2.24, 2.45) is 4.99 Å². The van der Waals surface area contributed by atoms with Crippen molar-refractivity contribution in [1.29, 1.82) is 0 Å². The molecule has 2 aromatic carbocycles. The molecule has 0 bridgehead atoms. The average molecular weight is 525 g/mol. The van der Waals surface area contributed by atoms with Crippen molar-refractivity contribution >= 4 is 23.4 Å². The van der Waals surface area contributed by atoms with Crippen LogP contribution in [-0.4, -0.2) is 43.1 Å². The lowest BCUT2D eigenvalue weighted by atomic mass is 9.95. The molecule has 3 aromatic rings. The number of hydrogen-bond acceptors (Lipinski definition) is 9. The maximum absolute atomic E-state index is 13.8. The number of thiazole rings is 1. The molecule has 0 aliphatic carbocycles. The third-order valence-electron chi connectivity index (χ3n) is 5.83. The Balaban J connectivity index is 1.96. The monoisotopic (exact) mass is 524 g/mol. The number of nitrogens with zero attached hydrogens (tertiary/aromatic N) is 2. The molecule has 9 nitrogen and oxygen atoms in total. The normalized spacial score (nSPS) is 15.2. The maximum atomic E-state index is 13.8. The molecule has 1 aliphatic heterocycles. The van der Waals surface area contributed by atoms with E-state index >= 15 is 0 Å². The highest BCUT2D eigenvalue weighted by atomic mass is 32.1. The summed E-state index contributed by atoms with van der Waals surface area (Å²) in [5.74, 6) is 0.812. The zero-order valence-corrected chi connectivity index (χ0v) is 22.0. The molecule has 1 aliphatic rings. The quantitative estimate of drug-likeness (QED) is 0.452. The number of carbonyl (C=O) groups is 1. The Labute approximate surface area is 217 Å². The summed E-state index contributed by atoms with van der Waals surface area (Å²) in [5, 5.41) is 10.0. The third kappa shape index (κ3) is 4.97. The van der Waals surface area contributed by atoms with E-state index in [0.717, 1.165) is 0 Å². The number of fused-ring (bicyclic) bond motifs is 1. The Morgan fingerprint density at radius 1 is 1.11 bits per heavy atom. The van der Waals surface area contributed by atoms with Crippen molar-refractivity contribution in [3.63, 3.8) is 0 Å². The second kappa shape index (κ2) is 10.9. The Kier molecular flexibility index (Phi) is 7.68. The first kappa shape index (κ1) is 26.0. The van der Waals surface area contributed by atoms with Crippen LogP contribution >= 0.6 is 11.3 Å². The predicted octanol–water partition coefficient (Wildman–Crippen LogP) is 2.92. The number of phenols is 1. The van der Waals surface area contributed by atoms with E-state index in [9.17, 15) is 14.7 Å². The van der Waals surface area contributed by atoms with Gasteiger partial charge in [-0.15, -0.1) is 0 Å². The van der Waals surface area contributed by atoms with E-state index < -0.39 is 12.0 Å². The molecule has 1 atom stereocenters. The molecule has 1 aromatic heterocycles. The van der Waals surface area contributed by atoms with Gasteiger partial charge in [0, 0.05) is 11.6 Å². The number of phenolic OH excluding ortho intramolecular Hbond substituents is 1. The fraction of sp³-hybridized carbons (Fsp3) is 0.296. The molecule has 0 fully saturated rings. The second-order valence-electron chi connectivity index (χ2n) is 8.07. The Bertz CT molecular complexity index is 1550. The minimum Gasteiger partial charge on any atom is -0.504 e. The lowest BCUT2D eigenvalue weighted by molar-refractivity contribution is -0.139. The van der Waals surface area contributed by atoms with Gasteiger partial charge < -0.3 is 24.1 Å². The molecule has 0 saturated carbocycles. The minimum absolute atomic E-state index is 0.0155. The third-order valence-corrected chi connectivity index (χ3v) is 6.82. The van der Waals surface area contributed by atoms with Crippen LogP contribution < -0.4 is 29.1 Å². The highest BCUT2D eigenvalue weighted by molar-refractivity contribution is 7.07. The summed E-state index contributed by atoms with van der Waals surface area (Å²) >= 11 is 1.20. The van der Waals surface area contributed by atoms with E-state index in [2.05, 4.69) is 4.99 Å². The van der Waals surface area contributed by atoms with Crippen molar-refractivity contribution in [3.05, 3.63) is 78.5 Å². The molecule has 10 heteroatoms. The molecular weight excluding hydrogens is 496 g/mol. The molecule has 0 radical (unpaired) electrons. The van der Waals surface area contributed by atoms with E-state index in [1.54, 1.807) is 57.4 Å². The van der Waals surface area contributed by atoms with E-state index in [1.807, 2.05) is 6.92 Å². The summed E-state index contributed by atoms with van der Waals surface area (Å²) < 4.78 is 23.7. The molecular formula is C27H28N2O7S. The molecule has 0 spiro atoms. The van der Waals surface area contributed by atoms with Gasteiger partial charge in [0.15, 0.2) is 16.3 Å². The summed E-state index contributed by atoms with van der Waals surface area (Å²) in [6, 6.07) is 9.27. The van der Waals surface area contributed by atoms with E-state index in [1.165, 1.54) is 29.1 Å². The number of rotatable bonds is 8. The Hall–Kier alpha value is -4.05. The number of aromatic nitrogens is 1. The summed E-state index contributed by atoms with van der Waals surface area (Å²) in [7, 11) is 3.06. The van der Waals surface area contributed by atoms with Gasteiger partial charge >= 0.3 is 5.97 Å². The van der Waals surface area contributed by atoms with E-state index in [-0.39, 0.29) is 23.5 Å². The average Bonchev–Trinajstić information content (AvgIpc) is 3.19. The molecule has 194 valence electrons. The first-order valence-electron chi connectivity index (χ1n) is 11.7. The Morgan fingerprint density at radius 3 is 2.57 bits per heavy atom. The number of aromatic hydroxyl groups is 1. The number of hydrogen-bond donors (Lipinski definition) is 1. The van der Waals surface area contributed by atoms with Gasteiger partial charge in [0.05, 0.1) is 43.2 Å². The summed E-state index contributed by atoms with van der Waals surface area (Å²) in [5.41, 5.74) is 1.65. The van der Waals surface area contributed by atoms with Crippen LogP contribution in [0.3, 0.4) is 0 Å². The predicted molar refractivity (Wildman–Crippen MR) is 139 cm³/mol. The van der Waals surface area contributed by atoms with Crippen LogP contribution in [0.25, 0.3) is 6.08 Å². The first-order valence-corrected chi connectivity index (χ1v) is 12.5. The molecule has 4 rings (SSSR count). The lowest BCUT2D eigenvalue weighted by Gasteiger charge is -2.26. The number of benzene rings is 2. The first-order chi connectivity index (χ1) is 17.8. The highest BCUT2D eigenvalue weighted by Crippen LogP contribution is 2.37. The van der Waals surface area contributed by atoms with Crippen molar-refractivity contribution in [2.45, 2.75) is 26.8 Å². The molecule has 37 heavy (non-hydrogen) atoms. The fourth-order valence-corrected chi connectivity index (χ4v) is 5.22. The standard InChI is InChI=1S/C27H28N2O7S/c1-6-35-21-12-16(8-11-19(21)30)13-22-25(31)29-24(18-10-9-17(33-4)14-20(18)34-5)23(26(32)36-7-2)15(3)28-27(29)37-22/h8-14,24,30H,6-7H2,1-5H3/b22-13-/t24-/m0/s1. The number of esters is 1. The van der Waals surface area contributed by atoms with Gasteiger partial charge in [0.2, 0.25) is 0 Å². The molecule has 2 heterocycles. The molecule has 0 amide bonds. The van der Waals surface area contributed by atoms with Gasteiger partial charge in [-0.25, -0.2) is 9.79 Å². The van der Waals surface area contributed by atoms with Gasteiger partial charge in [-0.1, -0.05) is 17.4 Å². The summed E-state index contributed by atoms with van der Waals surface area (Å²) in [6.45, 7) is 5.83. The maximum Gasteiger partial charge on any atom is 0.338 e. The zero-order chi connectivity index (χ0) is 26.7. The van der Waals surface area contributed by atoms with Gasteiger partial charge in [0.1, 0.15) is 17.5 Å². The number of carbonyl (C=O) groups excluding carboxylic acids is 1. The SMILES string of the molecule is CCOC(=O)C1=C(C)N=c2s/c(=C\c3ccc(O)c(OCC)c3)c(=O)n2[C@H]1c1ccc(OC)cc1OC. The van der Waals surface area contributed by atoms with Crippen LogP contribution in [0, 0.1) is 0 Å². The van der Waals surface area contributed by atoms with Crippen LogP contribution in [0.15, 0.2) is 57.5 Å². The number of methoxy groups -OCH3 is 2. The lowest BCUT2D eigenvalue weighted by Crippen LogP contribution is -2.40. The Morgan fingerprint density at radius 2 is 1.89 bits per heavy atom. The van der Waals surface area contributed by atoms with Crippen LogP contribution in [0.1, 0.15) is 37.9 Å². The van der Waals surface area contributed by atoms with Gasteiger partial charge in [-0.2, -0.15) is 0 Å². The number of allylic oxidation sites excluding steroid dienone is 1. The number of ether oxygens (including phenoxy) is 4. The van der Waals surface area contributed by atoms with Gasteiger partial charge in [0.25, 0.3) is 5.56 Å². The van der Waals surface area contributed by atoms with E-state index in [0.29, 0.717) is 50.0 Å². The summed E-state index contributed by atoms with van der Waals surface area (Å²) in [4.78, 5) is 31.9. The van der Waals surface area contributed by atoms with Crippen LogP contribution in [0.2, 0.25) is 0 Å². The molecule has 1 N–H and O–H groups in total. The fourth-order valence-electron chi connectivity index (χ4n) is 4.17. The highest BCUT2D eigenvalue weighted by Gasteiger charge is 2.35. The van der Waals surface area contributed by atoms with Crippen LogP contribution in [0.5, 0.6) is 23.0 Å². The van der Waals surface area contributed by atoms with Crippen molar-refractivity contribution in [3.8, 4) is 23.0 Å². The largest absolute Gasteiger partial charge is 0.504 e. The van der Waals surface area contributed by atoms with E-state index in [4.69, 9.17) is 18.9 Å². The van der Waals surface area contributed by atoms with Crippen molar-refractivity contribution in [2.75, 3.05) is 27.4 Å². The van der Waals surface area contributed by atoms with Crippen LogP contribution in [0.4, 0.5) is 0 Å². The van der Waals surface area contributed by atoms with Gasteiger partial charge in [-0.3, -0.25) is 9.36 Å². The topological polar surface area (TPSA) is 109 Å². The summed E-state index contributed by atoms with van der Waals surface area (Å²) in [6.07, 6.45) is 1.71.